The fourth-order valence-electron chi connectivity index (χ4n) is 3.95. The van der Waals surface area contributed by atoms with Crippen LogP contribution in [-0.2, 0) is 23.7 Å². The summed E-state index contributed by atoms with van der Waals surface area (Å²) in [6.45, 7) is 0.822. The highest BCUT2D eigenvalue weighted by molar-refractivity contribution is 5.85. The smallest absolute Gasteiger partial charge is 0.341 e. The molecule has 0 aromatic heterocycles. The second-order valence-corrected chi connectivity index (χ2v) is 7.72. The number of alkyl halides is 6. The van der Waals surface area contributed by atoms with Gasteiger partial charge in [0.25, 0.3) is 0 Å². The van der Waals surface area contributed by atoms with Crippen molar-refractivity contribution >= 4 is 18.3 Å². The van der Waals surface area contributed by atoms with Crippen LogP contribution in [-0.4, -0.2) is 30.9 Å². The zero-order valence-corrected chi connectivity index (χ0v) is 17.9. The third-order valence-electron chi connectivity index (χ3n) is 5.47. The molecule has 3 rings (SSSR count). The van der Waals surface area contributed by atoms with E-state index in [4.69, 9.17) is 0 Å². The average molecular weight is 481 g/mol. The van der Waals surface area contributed by atoms with Gasteiger partial charge in [-0.15, -0.1) is 12.4 Å². The van der Waals surface area contributed by atoms with Crippen LogP contribution in [0.1, 0.15) is 34.6 Å². The summed E-state index contributed by atoms with van der Waals surface area (Å²) >= 11 is 0. The van der Waals surface area contributed by atoms with E-state index in [0.29, 0.717) is 31.6 Å². The van der Waals surface area contributed by atoms with Gasteiger partial charge in [0.2, 0.25) is 5.91 Å². The fraction of sp³-hybridized carbons (Fsp3) is 0.409. The zero-order chi connectivity index (χ0) is 22.8. The minimum Gasteiger partial charge on any atom is -0.341 e. The Morgan fingerprint density at radius 2 is 1.56 bits per heavy atom. The van der Waals surface area contributed by atoms with Crippen molar-refractivity contribution in [1.29, 1.82) is 0 Å². The number of hydrogen-bond acceptors (Lipinski definition) is 2. The molecule has 1 aliphatic heterocycles. The summed E-state index contributed by atoms with van der Waals surface area (Å²) in [5.41, 5.74) is -2.03. The first-order valence-electron chi connectivity index (χ1n) is 9.76. The molecular weight excluding hydrogens is 458 g/mol. The van der Waals surface area contributed by atoms with Crippen molar-refractivity contribution in [2.45, 2.75) is 31.2 Å². The van der Waals surface area contributed by atoms with Gasteiger partial charge in [0.1, 0.15) is 0 Å². The third kappa shape index (κ3) is 6.16. The van der Waals surface area contributed by atoms with Crippen LogP contribution in [0.4, 0.5) is 26.3 Å². The Bertz CT molecular complexity index is 885. The highest BCUT2D eigenvalue weighted by Crippen LogP contribution is 2.37. The summed E-state index contributed by atoms with van der Waals surface area (Å²) in [6.07, 6.45) is -9.32. The number of amides is 1. The molecule has 0 unspecified atom stereocenters. The molecule has 1 saturated heterocycles. The lowest BCUT2D eigenvalue weighted by Gasteiger charge is -2.34. The molecule has 10 heteroatoms. The predicted molar refractivity (Wildman–Crippen MR) is 110 cm³/mol. The molecule has 0 spiro atoms. The zero-order valence-electron chi connectivity index (χ0n) is 17.1. The molecule has 2 aromatic carbocycles. The normalized spacial score (nSPS) is 19.2. The van der Waals surface area contributed by atoms with Gasteiger partial charge in [-0.25, -0.2) is 0 Å². The third-order valence-corrected chi connectivity index (χ3v) is 5.47. The van der Waals surface area contributed by atoms with Gasteiger partial charge in [-0.2, -0.15) is 26.3 Å². The van der Waals surface area contributed by atoms with Gasteiger partial charge in [0.15, 0.2) is 0 Å². The number of carbonyl (C=O) groups excluding carboxylic acids is 1. The van der Waals surface area contributed by atoms with Crippen molar-refractivity contribution in [3.8, 4) is 0 Å². The molecule has 1 amide bonds. The highest BCUT2D eigenvalue weighted by atomic mass is 35.5. The van der Waals surface area contributed by atoms with Gasteiger partial charge in [0, 0.05) is 32.0 Å². The minimum absolute atomic E-state index is 0. The molecule has 0 aliphatic carbocycles. The quantitative estimate of drug-likeness (QED) is 0.586. The maximum absolute atomic E-state index is 13.1. The number of benzene rings is 2. The second kappa shape index (κ2) is 10.1. The first-order valence-corrected chi connectivity index (χ1v) is 9.76. The van der Waals surface area contributed by atoms with E-state index in [-0.39, 0.29) is 42.4 Å². The van der Waals surface area contributed by atoms with Crippen LogP contribution in [0.15, 0.2) is 48.5 Å². The molecule has 1 fully saturated rings. The van der Waals surface area contributed by atoms with Crippen molar-refractivity contribution < 1.29 is 31.1 Å². The number of nitrogens with zero attached hydrogens (tertiary/aromatic N) is 1. The largest absolute Gasteiger partial charge is 0.416 e. The molecule has 1 heterocycles. The van der Waals surface area contributed by atoms with Crippen LogP contribution in [0.3, 0.4) is 0 Å². The average Bonchev–Trinajstić information content (AvgIpc) is 2.72. The molecule has 32 heavy (non-hydrogen) atoms. The molecular formula is C22H23ClF6N2O. The van der Waals surface area contributed by atoms with Crippen molar-refractivity contribution in [1.82, 2.24) is 10.2 Å². The van der Waals surface area contributed by atoms with E-state index in [9.17, 15) is 31.1 Å². The molecule has 176 valence electrons. The number of piperidine rings is 1. The number of halogens is 7. The first kappa shape index (κ1) is 26.0. The van der Waals surface area contributed by atoms with Gasteiger partial charge in [0.05, 0.1) is 11.1 Å². The van der Waals surface area contributed by atoms with Gasteiger partial charge < -0.3 is 10.2 Å². The van der Waals surface area contributed by atoms with Crippen LogP contribution in [0.5, 0.6) is 0 Å². The monoisotopic (exact) mass is 480 g/mol. The topological polar surface area (TPSA) is 32.3 Å². The molecule has 1 aliphatic rings. The summed E-state index contributed by atoms with van der Waals surface area (Å²) in [5, 5.41) is 3.23. The van der Waals surface area contributed by atoms with E-state index in [1.807, 2.05) is 30.3 Å². The van der Waals surface area contributed by atoms with Crippen molar-refractivity contribution in [3.63, 3.8) is 0 Å². The number of carbonyl (C=O) groups is 1. The lowest BCUT2D eigenvalue weighted by molar-refractivity contribution is -0.143. The molecule has 0 radical (unpaired) electrons. The van der Waals surface area contributed by atoms with E-state index in [1.54, 1.807) is 0 Å². The van der Waals surface area contributed by atoms with Crippen LogP contribution in [0, 0.1) is 5.92 Å². The van der Waals surface area contributed by atoms with Gasteiger partial charge >= 0.3 is 12.4 Å². The number of rotatable bonds is 4. The van der Waals surface area contributed by atoms with E-state index < -0.39 is 29.4 Å². The minimum atomic E-state index is -4.92. The van der Waals surface area contributed by atoms with E-state index in [2.05, 4.69) is 5.32 Å². The van der Waals surface area contributed by atoms with E-state index in [0.717, 1.165) is 5.56 Å². The Morgan fingerprint density at radius 1 is 1.00 bits per heavy atom. The number of nitrogens with one attached hydrogen (secondary N) is 1. The van der Waals surface area contributed by atoms with Crippen molar-refractivity contribution in [2.75, 3.05) is 20.1 Å². The summed E-state index contributed by atoms with van der Waals surface area (Å²) in [7, 11) is 1.40. The van der Waals surface area contributed by atoms with E-state index in [1.165, 1.54) is 11.9 Å². The SMILES string of the molecule is CN(Cc1cc(C(F)(F)F)cc(C(F)(F)F)c1)C(=O)[C@@H]1CCNC[C@H]1c1ccccc1.Cl. The van der Waals surface area contributed by atoms with Crippen LogP contribution >= 0.6 is 12.4 Å². The summed E-state index contributed by atoms with van der Waals surface area (Å²) in [5.74, 6) is -0.847. The first-order chi connectivity index (χ1) is 14.5. The highest BCUT2D eigenvalue weighted by Gasteiger charge is 2.38. The second-order valence-electron chi connectivity index (χ2n) is 7.72. The Balaban J connectivity index is 0.00000363. The molecule has 1 N–H and O–H groups in total. The standard InChI is InChI=1S/C22H22F6N2O.ClH/c1-30(13-14-9-16(21(23,24)25)11-17(10-14)22(26,27)28)20(31)18-7-8-29-12-19(18)15-5-3-2-4-6-15;/h2-6,9-11,18-19,29H,7-8,12-13H2,1H3;1H/t18-,19+;/m1./s1. The molecule has 2 atom stereocenters. The Labute approximate surface area is 188 Å². The molecule has 0 saturated carbocycles. The van der Waals surface area contributed by atoms with Gasteiger partial charge in [-0.3, -0.25) is 4.79 Å². The Kier molecular flexibility index (Phi) is 8.22. The molecule has 3 nitrogen and oxygen atoms in total. The Hall–Kier alpha value is -2.26. The van der Waals surface area contributed by atoms with Crippen LogP contribution in [0.25, 0.3) is 0 Å². The van der Waals surface area contributed by atoms with Gasteiger partial charge in [-0.05, 0) is 42.3 Å². The maximum atomic E-state index is 13.1. The maximum Gasteiger partial charge on any atom is 0.416 e. The van der Waals surface area contributed by atoms with Crippen LogP contribution < -0.4 is 5.32 Å². The van der Waals surface area contributed by atoms with Crippen LogP contribution in [0.2, 0.25) is 0 Å². The number of hydrogen-bond donors (Lipinski definition) is 1. The molecule has 0 bridgehead atoms. The van der Waals surface area contributed by atoms with Crippen molar-refractivity contribution in [3.05, 3.63) is 70.8 Å². The summed E-state index contributed by atoms with van der Waals surface area (Å²) in [4.78, 5) is 14.3. The fourth-order valence-corrected chi connectivity index (χ4v) is 3.95. The van der Waals surface area contributed by atoms with Crippen molar-refractivity contribution in [2.24, 2.45) is 5.92 Å². The summed E-state index contributed by atoms with van der Waals surface area (Å²) < 4.78 is 78.6. The predicted octanol–water partition coefficient (Wildman–Crippen LogP) is 5.50. The van der Waals surface area contributed by atoms with E-state index >= 15 is 0 Å². The summed E-state index contributed by atoms with van der Waals surface area (Å²) in [6, 6.07) is 10.8. The lowest BCUT2D eigenvalue weighted by Crippen LogP contribution is -2.43. The molecule has 2 aromatic rings. The Morgan fingerprint density at radius 3 is 2.09 bits per heavy atom. The van der Waals surface area contributed by atoms with Gasteiger partial charge in [-0.1, -0.05) is 30.3 Å². The lowest BCUT2D eigenvalue weighted by atomic mass is 9.80.